The number of carboxylic acids is 1. The van der Waals surface area contributed by atoms with Crippen LogP contribution in [0.2, 0.25) is 0 Å². The number of alkyl halides is 3. The van der Waals surface area contributed by atoms with Gasteiger partial charge in [0.15, 0.2) is 0 Å². The molecule has 2 amide bonds. The van der Waals surface area contributed by atoms with E-state index < -0.39 is 43.0 Å². The molecule has 0 aromatic heterocycles. The summed E-state index contributed by atoms with van der Waals surface area (Å²) in [6, 6.07) is 0. The Morgan fingerprint density at radius 2 is 1.83 bits per heavy atom. The Kier molecular flexibility index (Phi) is 5.60. The van der Waals surface area contributed by atoms with Gasteiger partial charge in [-0.1, -0.05) is 0 Å². The highest BCUT2D eigenvalue weighted by atomic mass is 19.4. The topological polar surface area (TPSA) is 86.7 Å². The molecular weight excluding hydrogens is 257 g/mol. The number of nitrogens with one attached hydrogen (secondary N) is 1. The highest BCUT2D eigenvalue weighted by Gasteiger charge is 2.29. The molecule has 0 aromatic carbocycles. The molecule has 9 heteroatoms. The van der Waals surface area contributed by atoms with Crippen LogP contribution in [0.4, 0.5) is 13.2 Å². The minimum absolute atomic E-state index is 0.632. The van der Waals surface area contributed by atoms with Crippen molar-refractivity contribution in [3.63, 3.8) is 0 Å². The number of carbonyl (C=O) groups is 3. The summed E-state index contributed by atoms with van der Waals surface area (Å²) in [6.07, 6.45) is -4.54. The lowest BCUT2D eigenvalue weighted by atomic mass is 10.1. The average Bonchev–Trinajstić information content (AvgIpc) is 2.23. The number of aliphatic carboxylic acids is 1. The van der Waals surface area contributed by atoms with Crippen LogP contribution in [-0.2, 0) is 14.4 Å². The maximum Gasteiger partial charge on any atom is 0.405 e. The van der Waals surface area contributed by atoms with Crippen molar-refractivity contribution in [2.24, 2.45) is 5.92 Å². The number of hydrogen-bond donors (Lipinski definition) is 2. The van der Waals surface area contributed by atoms with Gasteiger partial charge < -0.3 is 15.3 Å². The van der Waals surface area contributed by atoms with E-state index in [-0.39, 0.29) is 0 Å². The van der Waals surface area contributed by atoms with E-state index in [1.165, 1.54) is 0 Å². The van der Waals surface area contributed by atoms with Crippen molar-refractivity contribution >= 4 is 17.8 Å². The van der Waals surface area contributed by atoms with Crippen LogP contribution in [0.1, 0.15) is 6.92 Å². The Morgan fingerprint density at radius 1 is 1.33 bits per heavy atom. The number of carbonyl (C=O) groups excluding carboxylic acids is 2. The van der Waals surface area contributed by atoms with Gasteiger partial charge in [0.25, 0.3) is 0 Å². The molecule has 1 atom stereocenters. The standard InChI is InChI=1S/C9H13F3N2O4/c1-5(8(17)18)7(16)14(2)3-6(15)13-4-9(10,11)12/h5H,3-4H2,1-2H3,(H,13,15)(H,17,18). The molecule has 104 valence electrons. The fourth-order valence-electron chi connectivity index (χ4n) is 0.984. The number of amides is 2. The maximum atomic E-state index is 11.8. The van der Waals surface area contributed by atoms with Crippen LogP contribution in [0.3, 0.4) is 0 Å². The number of hydrogen-bond acceptors (Lipinski definition) is 3. The van der Waals surface area contributed by atoms with Crippen LogP contribution in [-0.4, -0.2) is 54.1 Å². The van der Waals surface area contributed by atoms with Gasteiger partial charge in [-0.25, -0.2) is 0 Å². The second kappa shape index (κ2) is 6.22. The van der Waals surface area contributed by atoms with Gasteiger partial charge in [-0.2, -0.15) is 13.2 Å². The third-order valence-corrected chi connectivity index (χ3v) is 1.98. The highest BCUT2D eigenvalue weighted by Crippen LogP contribution is 2.12. The summed E-state index contributed by atoms with van der Waals surface area (Å²) in [5.74, 6) is -4.60. The summed E-state index contributed by atoms with van der Waals surface area (Å²) in [7, 11) is 1.13. The summed E-state index contributed by atoms with van der Waals surface area (Å²) in [5.41, 5.74) is 0. The van der Waals surface area contributed by atoms with Crippen molar-refractivity contribution in [1.82, 2.24) is 10.2 Å². The van der Waals surface area contributed by atoms with Crippen LogP contribution >= 0.6 is 0 Å². The van der Waals surface area contributed by atoms with Gasteiger partial charge in [-0.15, -0.1) is 0 Å². The van der Waals surface area contributed by atoms with Crippen LogP contribution in [0, 0.1) is 5.92 Å². The van der Waals surface area contributed by atoms with E-state index in [9.17, 15) is 27.6 Å². The Bertz CT molecular complexity index is 343. The molecule has 0 radical (unpaired) electrons. The van der Waals surface area contributed by atoms with Crippen molar-refractivity contribution in [3.8, 4) is 0 Å². The predicted molar refractivity (Wildman–Crippen MR) is 53.5 cm³/mol. The quantitative estimate of drug-likeness (QED) is 0.680. The van der Waals surface area contributed by atoms with E-state index >= 15 is 0 Å². The number of rotatable bonds is 5. The molecule has 0 aliphatic heterocycles. The Labute approximate surface area is 101 Å². The largest absolute Gasteiger partial charge is 0.481 e. The minimum Gasteiger partial charge on any atom is -0.481 e. The Morgan fingerprint density at radius 3 is 2.22 bits per heavy atom. The number of likely N-dealkylation sites (N-methyl/N-ethyl adjacent to an activating group) is 1. The molecule has 0 heterocycles. The van der Waals surface area contributed by atoms with Crippen molar-refractivity contribution in [3.05, 3.63) is 0 Å². The third kappa shape index (κ3) is 6.06. The SMILES string of the molecule is CC(C(=O)O)C(=O)N(C)CC(=O)NCC(F)(F)F. The first-order valence-electron chi connectivity index (χ1n) is 4.86. The molecule has 2 N–H and O–H groups in total. The second-order valence-electron chi connectivity index (χ2n) is 3.65. The van der Waals surface area contributed by atoms with Crippen LogP contribution in [0.25, 0.3) is 0 Å². The predicted octanol–water partition coefficient (Wildman–Crippen LogP) is -0.156. The molecule has 0 aliphatic carbocycles. The molecule has 18 heavy (non-hydrogen) atoms. The lowest BCUT2D eigenvalue weighted by molar-refractivity contribution is -0.151. The normalized spacial score (nSPS) is 12.7. The van der Waals surface area contributed by atoms with Gasteiger partial charge in [-0.3, -0.25) is 14.4 Å². The second-order valence-corrected chi connectivity index (χ2v) is 3.65. The average molecular weight is 270 g/mol. The van der Waals surface area contributed by atoms with Crippen molar-refractivity contribution in [2.75, 3.05) is 20.1 Å². The number of carboxylic acid groups (broad SMARTS) is 1. The number of halogens is 3. The molecule has 1 unspecified atom stereocenters. The van der Waals surface area contributed by atoms with Crippen LogP contribution in [0.5, 0.6) is 0 Å². The van der Waals surface area contributed by atoms with Crippen molar-refractivity contribution in [2.45, 2.75) is 13.1 Å². The zero-order valence-electron chi connectivity index (χ0n) is 9.74. The fourth-order valence-corrected chi connectivity index (χ4v) is 0.984. The molecule has 0 fully saturated rings. The van der Waals surface area contributed by atoms with E-state index in [0.717, 1.165) is 18.9 Å². The molecule has 0 rings (SSSR count). The van der Waals surface area contributed by atoms with Gasteiger partial charge in [0, 0.05) is 7.05 Å². The van der Waals surface area contributed by atoms with Gasteiger partial charge >= 0.3 is 12.1 Å². The number of nitrogens with zero attached hydrogens (tertiary/aromatic N) is 1. The molecule has 0 aromatic rings. The minimum atomic E-state index is -4.54. The lowest BCUT2D eigenvalue weighted by Gasteiger charge is -2.19. The zero-order valence-corrected chi connectivity index (χ0v) is 9.74. The Hall–Kier alpha value is -1.80. The first-order chi connectivity index (χ1) is 8.04. The van der Waals surface area contributed by atoms with Crippen LogP contribution < -0.4 is 5.32 Å². The van der Waals surface area contributed by atoms with E-state index in [1.807, 2.05) is 0 Å². The molecule has 0 spiro atoms. The summed E-state index contributed by atoms with van der Waals surface area (Å²) in [6.45, 7) is -1.01. The van der Waals surface area contributed by atoms with Gasteiger partial charge in [0.05, 0.1) is 6.54 Å². The van der Waals surface area contributed by atoms with Gasteiger partial charge in [0.2, 0.25) is 11.8 Å². The summed E-state index contributed by atoms with van der Waals surface area (Å²) >= 11 is 0. The summed E-state index contributed by atoms with van der Waals surface area (Å²) < 4.78 is 35.3. The van der Waals surface area contributed by atoms with Gasteiger partial charge in [0.1, 0.15) is 12.5 Å². The maximum absolute atomic E-state index is 11.8. The molecule has 0 aliphatic rings. The smallest absolute Gasteiger partial charge is 0.405 e. The molecule has 0 saturated heterocycles. The van der Waals surface area contributed by atoms with E-state index in [4.69, 9.17) is 5.11 Å². The summed E-state index contributed by atoms with van der Waals surface area (Å²) in [5, 5.41) is 10.1. The molecular formula is C9H13F3N2O4. The third-order valence-electron chi connectivity index (χ3n) is 1.98. The van der Waals surface area contributed by atoms with Crippen molar-refractivity contribution < 1.29 is 32.7 Å². The highest BCUT2D eigenvalue weighted by molar-refractivity contribution is 5.97. The first kappa shape index (κ1) is 16.2. The monoisotopic (exact) mass is 270 g/mol. The van der Waals surface area contributed by atoms with Crippen LogP contribution in [0.15, 0.2) is 0 Å². The molecule has 6 nitrogen and oxygen atoms in total. The van der Waals surface area contributed by atoms with Gasteiger partial charge in [-0.05, 0) is 6.92 Å². The van der Waals surface area contributed by atoms with Crippen molar-refractivity contribution in [1.29, 1.82) is 0 Å². The Balaban J connectivity index is 4.24. The molecule has 0 bridgehead atoms. The summed E-state index contributed by atoms with van der Waals surface area (Å²) in [4.78, 5) is 33.7. The lowest BCUT2D eigenvalue weighted by Crippen LogP contribution is -2.44. The zero-order chi connectivity index (χ0) is 14.5. The van der Waals surface area contributed by atoms with E-state index in [2.05, 4.69) is 0 Å². The first-order valence-corrected chi connectivity index (χ1v) is 4.86. The van der Waals surface area contributed by atoms with E-state index in [0.29, 0.717) is 0 Å². The fraction of sp³-hybridized carbons (Fsp3) is 0.667. The van der Waals surface area contributed by atoms with E-state index in [1.54, 1.807) is 5.32 Å². The molecule has 0 saturated carbocycles.